The van der Waals surface area contributed by atoms with Gasteiger partial charge in [-0.3, -0.25) is 4.40 Å². The number of amides is 1. The summed E-state index contributed by atoms with van der Waals surface area (Å²) in [7, 11) is 0. The smallest absolute Gasteiger partial charge is 0.416 e. The van der Waals surface area contributed by atoms with Crippen LogP contribution >= 0.6 is 0 Å². The van der Waals surface area contributed by atoms with Gasteiger partial charge in [-0.05, 0) is 24.1 Å². The maximum absolute atomic E-state index is 14.7. The number of nitrogens with one attached hydrogen (secondary N) is 1. The molecule has 3 heterocycles. The Labute approximate surface area is 180 Å². The molecule has 1 aliphatic heterocycles. The van der Waals surface area contributed by atoms with Crippen LogP contribution < -0.4 is 5.32 Å². The van der Waals surface area contributed by atoms with Crippen LogP contribution in [0.2, 0.25) is 0 Å². The molecule has 1 aliphatic rings. The number of likely N-dealkylation sites (tertiary alicyclic amines) is 1. The molecule has 0 spiro atoms. The van der Waals surface area contributed by atoms with Crippen LogP contribution in [0.5, 0.6) is 0 Å². The number of benzene rings is 1. The first kappa shape index (κ1) is 21.8. The summed E-state index contributed by atoms with van der Waals surface area (Å²) in [5, 5.41) is 10.9. The fourth-order valence-corrected chi connectivity index (χ4v) is 3.49. The molecule has 0 bridgehead atoms. The summed E-state index contributed by atoms with van der Waals surface area (Å²) >= 11 is 0. The predicted molar refractivity (Wildman–Crippen MR) is 105 cm³/mol. The molecule has 0 aliphatic carbocycles. The highest BCUT2D eigenvalue weighted by atomic mass is 19.4. The molecule has 4 rings (SSSR count). The highest BCUT2D eigenvalue weighted by Crippen LogP contribution is 2.29. The number of fused-ring (bicyclic) bond motifs is 1. The Morgan fingerprint density at radius 3 is 2.75 bits per heavy atom. The summed E-state index contributed by atoms with van der Waals surface area (Å²) in [6.45, 7) is 0.306. The number of halogens is 4. The Bertz CT molecular complexity index is 1070. The van der Waals surface area contributed by atoms with Gasteiger partial charge in [-0.15, -0.1) is 10.2 Å². The van der Waals surface area contributed by atoms with Gasteiger partial charge in [0.25, 0.3) is 0 Å². The van der Waals surface area contributed by atoms with E-state index in [2.05, 4.69) is 20.5 Å². The molecule has 1 fully saturated rings. The van der Waals surface area contributed by atoms with Crippen molar-refractivity contribution in [3.63, 3.8) is 0 Å². The molecule has 1 aromatic carbocycles. The molecule has 170 valence electrons. The normalized spacial score (nSPS) is 19.2. The number of hydrogen-bond donors (Lipinski definition) is 1. The minimum absolute atomic E-state index is 0.124. The quantitative estimate of drug-likeness (QED) is 0.596. The van der Waals surface area contributed by atoms with Crippen molar-refractivity contribution < 1.29 is 27.1 Å². The number of carbonyl (C=O) groups excluding carboxylic acids is 1. The fraction of sp³-hybridized carbons (Fsp3) is 0.400. The van der Waals surface area contributed by atoms with Crippen molar-refractivity contribution in [2.45, 2.75) is 25.4 Å². The Morgan fingerprint density at radius 1 is 1.25 bits per heavy atom. The number of anilines is 1. The van der Waals surface area contributed by atoms with Crippen LogP contribution in [0.3, 0.4) is 0 Å². The molecule has 0 radical (unpaired) electrons. The first-order valence-corrected chi connectivity index (χ1v) is 9.91. The van der Waals surface area contributed by atoms with Crippen molar-refractivity contribution in [2.24, 2.45) is 5.92 Å². The standard InChI is InChI=1S/C20H20F4N6O2/c21-16-10-29(19(31)32-11-13-1-3-15(4-2-13)20(22,23)24)7-5-14(16)9-26-17-18-28-27-12-30(18)8-6-25-17/h1-4,6,8,12,14,16H,5,7,9-11H2,(H,25,26). The topological polar surface area (TPSA) is 84.7 Å². The summed E-state index contributed by atoms with van der Waals surface area (Å²) in [4.78, 5) is 17.7. The lowest BCUT2D eigenvalue weighted by Crippen LogP contribution is -2.46. The Morgan fingerprint density at radius 2 is 2.03 bits per heavy atom. The van der Waals surface area contributed by atoms with Crippen LogP contribution in [0.4, 0.5) is 28.2 Å². The van der Waals surface area contributed by atoms with Crippen molar-refractivity contribution >= 4 is 17.6 Å². The van der Waals surface area contributed by atoms with Crippen LogP contribution in [0.25, 0.3) is 5.65 Å². The summed E-state index contributed by atoms with van der Waals surface area (Å²) in [6.07, 6.45) is -1.16. The second-order valence-corrected chi connectivity index (χ2v) is 7.48. The van der Waals surface area contributed by atoms with Crippen molar-refractivity contribution in [1.82, 2.24) is 24.5 Å². The fourth-order valence-electron chi connectivity index (χ4n) is 3.49. The van der Waals surface area contributed by atoms with Crippen LogP contribution in [0.1, 0.15) is 17.5 Å². The average molecular weight is 452 g/mol. The molecule has 0 saturated carbocycles. The van der Waals surface area contributed by atoms with E-state index in [4.69, 9.17) is 4.74 Å². The molecule has 1 saturated heterocycles. The Kier molecular flexibility index (Phi) is 6.10. The largest absolute Gasteiger partial charge is 0.445 e. The predicted octanol–water partition coefficient (Wildman–Crippen LogP) is 3.55. The van der Waals surface area contributed by atoms with Gasteiger partial charge in [0.15, 0.2) is 5.82 Å². The zero-order chi connectivity index (χ0) is 22.7. The van der Waals surface area contributed by atoms with Gasteiger partial charge in [0.2, 0.25) is 5.65 Å². The summed E-state index contributed by atoms with van der Waals surface area (Å²) in [5.41, 5.74) is 0.170. The molecular formula is C20H20F4N6O2. The van der Waals surface area contributed by atoms with Crippen LogP contribution in [0, 0.1) is 5.92 Å². The number of rotatable bonds is 5. The highest BCUT2D eigenvalue weighted by molar-refractivity contribution is 5.68. The van der Waals surface area contributed by atoms with E-state index in [1.54, 1.807) is 16.8 Å². The number of alkyl halides is 4. The van der Waals surface area contributed by atoms with Gasteiger partial charge in [-0.1, -0.05) is 12.1 Å². The summed E-state index contributed by atoms with van der Waals surface area (Å²) < 4.78 is 59.3. The summed E-state index contributed by atoms with van der Waals surface area (Å²) in [5.74, 6) is 0.162. The van der Waals surface area contributed by atoms with Gasteiger partial charge < -0.3 is 15.0 Å². The molecule has 2 aromatic heterocycles. The minimum atomic E-state index is -4.43. The number of nitrogens with zero attached hydrogens (tertiary/aromatic N) is 5. The van der Waals surface area contributed by atoms with E-state index in [-0.39, 0.29) is 19.1 Å². The molecule has 12 heteroatoms. The van der Waals surface area contributed by atoms with Gasteiger partial charge >= 0.3 is 12.3 Å². The number of aromatic nitrogens is 4. The molecule has 3 aromatic rings. The van der Waals surface area contributed by atoms with Gasteiger partial charge in [-0.2, -0.15) is 13.2 Å². The Hall–Kier alpha value is -3.44. The summed E-state index contributed by atoms with van der Waals surface area (Å²) in [6, 6.07) is 4.34. The second kappa shape index (κ2) is 8.97. The lowest BCUT2D eigenvalue weighted by Gasteiger charge is -2.34. The maximum Gasteiger partial charge on any atom is 0.416 e. The van der Waals surface area contributed by atoms with Crippen molar-refractivity contribution in [1.29, 1.82) is 0 Å². The number of hydrogen-bond acceptors (Lipinski definition) is 6. The van der Waals surface area contributed by atoms with Gasteiger partial charge in [0.1, 0.15) is 19.1 Å². The number of carbonyl (C=O) groups is 1. The molecular weight excluding hydrogens is 432 g/mol. The monoisotopic (exact) mass is 452 g/mol. The third-order valence-corrected chi connectivity index (χ3v) is 5.33. The lowest BCUT2D eigenvalue weighted by atomic mass is 9.95. The first-order chi connectivity index (χ1) is 15.3. The molecule has 1 N–H and O–H groups in total. The number of piperidine rings is 1. The third-order valence-electron chi connectivity index (χ3n) is 5.33. The second-order valence-electron chi connectivity index (χ2n) is 7.48. The van der Waals surface area contributed by atoms with Crippen LogP contribution in [0.15, 0.2) is 43.0 Å². The van der Waals surface area contributed by atoms with Gasteiger partial charge in [-0.25, -0.2) is 14.2 Å². The highest BCUT2D eigenvalue weighted by Gasteiger charge is 2.33. The van der Waals surface area contributed by atoms with E-state index in [0.717, 1.165) is 12.1 Å². The van der Waals surface area contributed by atoms with Gasteiger partial charge in [0, 0.05) is 31.4 Å². The van der Waals surface area contributed by atoms with E-state index >= 15 is 0 Å². The third kappa shape index (κ3) is 4.89. The lowest BCUT2D eigenvalue weighted by molar-refractivity contribution is -0.137. The Balaban J connectivity index is 1.25. The van der Waals surface area contributed by atoms with E-state index in [1.807, 2.05) is 0 Å². The van der Waals surface area contributed by atoms with E-state index < -0.39 is 24.0 Å². The molecule has 2 unspecified atom stereocenters. The van der Waals surface area contributed by atoms with E-state index in [9.17, 15) is 22.4 Å². The van der Waals surface area contributed by atoms with Crippen LogP contribution in [-0.2, 0) is 17.5 Å². The van der Waals surface area contributed by atoms with E-state index in [1.165, 1.54) is 23.4 Å². The maximum atomic E-state index is 14.7. The van der Waals surface area contributed by atoms with Gasteiger partial charge in [0.05, 0.1) is 12.1 Å². The molecule has 2 atom stereocenters. The van der Waals surface area contributed by atoms with Crippen LogP contribution in [-0.4, -0.2) is 56.4 Å². The van der Waals surface area contributed by atoms with Crippen molar-refractivity contribution in [2.75, 3.05) is 25.0 Å². The molecule has 32 heavy (non-hydrogen) atoms. The van der Waals surface area contributed by atoms with Crippen molar-refractivity contribution in [3.05, 3.63) is 54.1 Å². The molecule has 1 amide bonds. The zero-order valence-electron chi connectivity index (χ0n) is 16.8. The zero-order valence-corrected chi connectivity index (χ0v) is 16.8. The minimum Gasteiger partial charge on any atom is -0.445 e. The van der Waals surface area contributed by atoms with Crippen molar-refractivity contribution in [3.8, 4) is 0 Å². The average Bonchev–Trinajstić information content (AvgIpc) is 3.26. The van der Waals surface area contributed by atoms with E-state index in [0.29, 0.717) is 36.5 Å². The molecule has 8 nitrogen and oxygen atoms in total. The SMILES string of the molecule is O=C(OCc1ccc(C(F)(F)F)cc1)N1CCC(CNc2nccn3cnnc23)C(F)C1. The number of ether oxygens (including phenoxy) is 1. The first-order valence-electron chi connectivity index (χ1n) is 9.91.